The zero-order chi connectivity index (χ0) is 22.5. The number of esters is 1. The van der Waals surface area contributed by atoms with Crippen LogP contribution in [0, 0.1) is 11.8 Å². The van der Waals surface area contributed by atoms with Gasteiger partial charge in [0, 0.05) is 11.4 Å². The summed E-state index contributed by atoms with van der Waals surface area (Å²) in [6.45, 7) is -0.545. The Labute approximate surface area is 190 Å². The van der Waals surface area contributed by atoms with Crippen molar-refractivity contribution in [1.29, 1.82) is 0 Å². The number of halogens is 1. The first kappa shape index (κ1) is 23.4. The van der Waals surface area contributed by atoms with E-state index in [2.05, 4.69) is 5.32 Å². The van der Waals surface area contributed by atoms with Crippen LogP contribution in [0.5, 0.6) is 5.75 Å². The lowest BCUT2D eigenvalue weighted by Crippen LogP contribution is -2.48. The van der Waals surface area contributed by atoms with Gasteiger partial charge >= 0.3 is 5.97 Å². The number of hydrogen-bond donors (Lipinski definition) is 1. The first-order chi connectivity index (χ1) is 14.9. The molecular weight excluding hydrogens is 444 g/mol. The molecule has 3 rings (SSSR count). The van der Waals surface area contributed by atoms with Crippen molar-refractivity contribution >= 4 is 52.7 Å². The molecule has 0 unspecified atom stereocenters. The van der Waals surface area contributed by atoms with Gasteiger partial charge in [-0.3, -0.25) is 19.3 Å². The maximum atomic E-state index is 12.8. The Kier molecular flexibility index (Phi) is 7.83. The molecule has 10 heteroatoms. The third kappa shape index (κ3) is 5.15. The maximum absolute atomic E-state index is 12.8. The molecule has 0 spiro atoms. The van der Waals surface area contributed by atoms with Crippen LogP contribution in [0.15, 0.2) is 18.2 Å². The third-order valence-electron chi connectivity index (χ3n) is 5.56. The van der Waals surface area contributed by atoms with E-state index in [1.807, 2.05) is 0 Å². The molecule has 1 aliphatic heterocycles. The minimum atomic E-state index is -1.04. The van der Waals surface area contributed by atoms with Crippen LogP contribution in [0.3, 0.4) is 0 Å². The highest BCUT2D eigenvalue weighted by Gasteiger charge is 2.52. The fourth-order valence-electron chi connectivity index (χ4n) is 4.08. The van der Waals surface area contributed by atoms with E-state index in [9.17, 15) is 19.2 Å². The molecule has 1 aliphatic carbocycles. The molecule has 3 amide bonds. The summed E-state index contributed by atoms with van der Waals surface area (Å²) >= 11 is 7.37. The highest BCUT2D eigenvalue weighted by atomic mass is 35.5. The van der Waals surface area contributed by atoms with E-state index in [0.29, 0.717) is 29.3 Å². The normalized spacial score (nSPS) is 21.5. The molecule has 8 nitrogen and oxygen atoms in total. The number of amides is 3. The van der Waals surface area contributed by atoms with E-state index >= 15 is 0 Å². The summed E-state index contributed by atoms with van der Waals surface area (Å²) in [5.41, 5.74) is 0.418. The van der Waals surface area contributed by atoms with E-state index in [1.165, 1.54) is 24.9 Å². The summed E-state index contributed by atoms with van der Waals surface area (Å²) in [6.07, 6.45) is 4.92. The molecule has 2 aliphatic rings. The number of anilines is 1. The van der Waals surface area contributed by atoms with E-state index in [1.54, 1.807) is 18.4 Å². The molecule has 168 valence electrons. The number of rotatable bonds is 8. The number of thioether (sulfide) groups is 1. The summed E-state index contributed by atoms with van der Waals surface area (Å²) in [5.74, 6) is -1.95. The van der Waals surface area contributed by atoms with Crippen LogP contribution in [0.1, 0.15) is 25.7 Å². The molecule has 1 aromatic carbocycles. The van der Waals surface area contributed by atoms with E-state index < -0.39 is 24.5 Å². The summed E-state index contributed by atoms with van der Waals surface area (Å²) in [5, 5.41) is 2.90. The Hall–Kier alpha value is -2.26. The lowest BCUT2D eigenvalue weighted by Gasteiger charge is -2.24. The van der Waals surface area contributed by atoms with Crippen LogP contribution in [0.4, 0.5) is 5.69 Å². The number of nitrogens with zero attached hydrogens (tertiary/aromatic N) is 1. The number of hydrogen-bond acceptors (Lipinski definition) is 7. The Bertz CT molecular complexity index is 855. The maximum Gasteiger partial charge on any atom is 0.330 e. The summed E-state index contributed by atoms with van der Waals surface area (Å²) < 4.78 is 10.2. The van der Waals surface area contributed by atoms with Gasteiger partial charge in [0.2, 0.25) is 11.8 Å². The van der Waals surface area contributed by atoms with Crippen molar-refractivity contribution in [3.63, 3.8) is 0 Å². The monoisotopic (exact) mass is 468 g/mol. The molecule has 3 atom stereocenters. The Morgan fingerprint density at radius 3 is 2.42 bits per heavy atom. The molecule has 0 radical (unpaired) electrons. The molecule has 2 fully saturated rings. The van der Waals surface area contributed by atoms with Gasteiger partial charge in [0.15, 0.2) is 6.61 Å². The van der Waals surface area contributed by atoms with Crippen molar-refractivity contribution in [3.05, 3.63) is 23.2 Å². The van der Waals surface area contributed by atoms with Crippen LogP contribution < -0.4 is 10.1 Å². The smallest absolute Gasteiger partial charge is 0.330 e. The highest BCUT2D eigenvalue weighted by Crippen LogP contribution is 2.39. The Balaban J connectivity index is 1.61. The number of likely N-dealkylation sites (tertiary alicyclic amines) is 1. The first-order valence-corrected chi connectivity index (χ1v) is 11.8. The average molecular weight is 469 g/mol. The Morgan fingerprint density at radius 2 is 1.87 bits per heavy atom. The standard InChI is InChI=1S/C21H25ClN2O6S/c1-29-17-8-7-12(9-15(17)22)23-18(25)10-30-21(28)16(11-31-2)24-19(26)13-5-3-4-6-14(13)20(24)27/h7-9,13-14,16H,3-6,10-11H2,1-2H3,(H,23,25)/t13-,14+,16-/m0/s1. The topological polar surface area (TPSA) is 102 Å². The number of imide groups is 1. The number of methoxy groups -OCH3 is 1. The van der Waals surface area contributed by atoms with Gasteiger partial charge < -0.3 is 14.8 Å². The highest BCUT2D eigenvalue weighted by molar-refractivity contribution is 7.98. The minimum Gasteiger partial charge on any atom is -0.495 e. The largest absolute Gasteiger partial charge is 0.495 e. The molecule has 1 saturated carbocycles. The van der Waals surface area contributed by atoms with Crippen LogP contribution in [-0.4, -0.2) is 60.4 Å². The van der Waals surface area contributed by atoms with E-state index in [-0.39, 0.29) is 29.4 Å². The van der Waals surface area contributed by atoms with Gasteiger partial charge in [-0.15, -0.1) is 0 Å². The second-order valence-corrected chi connectivity index (χ2v) is 8.84. The summed E-state index contributed by atoms with van der Waals surface area (Å²) in [7, 11) is 1.48. The summed E-state index contributed by atoms with van der Waals surface area (Å²) in [4.78, 5) is 51.6. The van der Waals surface area contributed by atoms with Gasteiger partial charge in [-0.25, -0.2) is 4.79 Å². The SMILES string of the molecule is COc1ccc(NC(=O)COC(=O)[C@H](CSC)N2C(=O)[C@H]3CCCC[C@H]3C2=O)cc1Cl. The minimum absolute atomic E-state index is 0.214. The van der Waals surface area contributed by atoms with E-state index in [4.69, 9.17) is 21.1 Å². The van der Waals surface area contributed by atoms with Crippen LogP contribution in [-0.2, 0) is 23.9 Å². The van der Waals surface area contributed by atoms with Crippen molar-refractivity contribution in [3.8, 4) is 5.75 Å². The number of fused-ring (bicyclic) bond motifs is 1. The van der Waals surface area contributed by atoms with Gasteiger partial charge in [-0.1, -0.05) is 24.4 Å². The zero-order valence-electron chi connectivity index (χ0n) is 17.4. The lowest BCUT2D eigenvalue weighted by molar-refractivity contribution is -0.158. The first-order valence-electron chi connectivity index (χ1n) is 10.0. The number of benzene rings is 1. The van der Waals surface area contributed by atoms with Gasteiger partial charge in [-0.2, -0.15) is 11.8 Å². The summed E-state index contributed by atoms with van der Waals surface area (Å²) in [6, 6.07) is 3.68. The van der Waals surface area contributed by atoms with E-state index in [0.717, 1.165) is 17.7 Å². The molecule has 0 bridgehead atoms. The lowest BCUT2D eigenvalue weighted by atomic mass is 9.81. The molecule has 1 heterocycles. The van der Waals surface area contributed by atoms with Crippen molar-refractivity contribution in [2.45, 2.75) is 31.7 Å². The van der Waals surface area contributed by atoms with Gasteiger partial charge in [0.1, 0.15) is 11.8 Å². The van der Waals surface area contributed by atoms with Gasteiger partial charge in [-0.05, 0) is 37.3 Å². The molecule has 0 aromatic heterocycles. The van der Waals surface area contributed by atoms with Crippen molar-refractivity contribution in [2.24, 2.45) is 11.8 Å². The number of nitrogens with one attached hydrogen (secondary N) is 1. The second-order valence-electron chi connectivity index (χ2n) is 7.52. The Morgan fingerprint density at radius 1 is 1.23 bits per heavy atom. The number of ether oxygens (including phenoxy) is 2. The number of carbonyl (C=O) groups excluding carboxylic acids is 4. The predicted molar refractivity (Wildman–Crippen MR) is 117 cm³/mol. The van der Waals surface area contributed by atoms with Crippen LogP contribution >= 0.6 is 23.4 Å². The molecule has 1 saturated heterocycles. The van der Waals surface area contributed by atoms with Crippen molar-refractivity contribution in [2.75, 3.05) is 31.0 Å². The quantitative estimate of drug-likeness (QED) is 0.462. The predicted octanol–water partition coefficient (Wildman–Crippen LogP) is 2.74. The van der Waals surface area contributed by atoms with Crippen molar-refractivity contribution < 1.29 is 28.7 Å². The molecule has 1 N–H and O–H groups in total. The van der Waals surface area contributed by atoms with Crippen LogP contribution in [0.2, 0.25) is 5.02 Å². The average Bonchev–Trinajstić information content (AvgIpc) is 3.01. The molecule has 1 aromatic rings. The van der Waals surface area contributed by atoms with Gasteiger partial charge in [0.05, 0.1) is 24.0 Å². The molecule has 31 heavy (non-hydrogen) atoms. The fourth-order valence-corrected chi connectivity index (χ4v) is 4.93. The van der Waals surface area contributed by atoms with Crippen molar-refractivity contribution in [1.82, 2.24) is 4.90 Å². The number of carbonyl (C=O) groups is 4. The second kappa shape index (κ2) is 10.4. The third-order valence-corrected chi connectivity index (χ3v) is 6.51. The fraction of sp³-hybridized carbons (Fsp3) is 0.524. The molecular formula is C21H25ClN2O6S. The zero-order valence-corrected chi connectivity index (χ0v) is 19.0. The van der Waals surface area contributed by atoms with Crippen LogP contribution in [0.25, 0.3) is 0 Å². The van der Waals surface area contributed by atoms with Gasteiger partial charge in [0.25, 0.3) is 5.91 Å².